The first-order valence-corrected chi connectivity index (χ1v) is 12.2. The lowest BCUT2D eigenvalue weighted by Crippen LogP contribution is -2.45. The lowest BCUT2D eigenvalue weighted by atomic mass is 9.75. The topological polar surface area (TPSA) is 148 Å². The molecule has 0 radical (unpaired) electrons. The first-order valence-electron chi connectivity index (χ1n) is 9.85. The number of halogens is 4. The number of alkyl halides is 3. The van der Waals surface area contributed by atoms with E-state index in [4.69, 9.17) is 10.5 Å². The predicted molar refractivity (Wildman–Crippen MR) is 110 cm³/mol. The van der Waals surface area contributed by atoms with Crippen LogP contribution >= 0.6 is 15.9 Å². The van der Waals surface area contributed by atoms with Gasteiger partial charge in [0, 0.05) is 17.0 Å². The van der Waals surface area contributed by atoms with Gasteiger partial charge in [-0.25, -0.2) is 8.42 Å². The van der Waals surface area contributed by atoms with E-state index in [2.05, 4.69) is 15.9 Å². The Labute approximate surface area is 195 Å². The van der Waals surface area contributed by atoms with Gasteiger partial charge < -0.3 is 15.6 Å². The van der Waals surface area contributed by atoms with Crippen molar-refractivity contribution < 1.29 is 41.0 Å². The van der Waals surface area contributed by atoms with E-state index in [1.54, 1.807) is 13.0 Å². The first-order chi connectivity index (χ1) is 15.2. The number of hydrogen-bond donors (Lipinski definition) is 2. The summed E-state index contributed by atoms with van der Waals surface area (Å²) in [6, 6.07) is 4.35. The predicted octanol–water partition coefficient (Wildman–Crippen LogP) is 2.90. The number of benzene rings is 1. The summed E-state index contributed by atoms with van der Waals surface area (Å²) in [7, 11) is -4.68. The molecule has 13 heteroatoms. The molecule has 180 valence electrons. The van der Waals surface area contributed by atoms with Crippen LogP contribution in [0.5, 0.6) is 0 Å². The van der Waals surface area contributed by atoms with Crippen LogP contribution in [0.3, 0.4) is 0 Å². The van der Waals surface area contributed by atoms with Gasteiger partial charge in [-0.2, -0.15) is 18.4 Å². The number of carboxylic acid groups (broad SMARTS) is 1. The molecule has 2 unspecified atom stereocenters. The largest absolute Gasteiger partial charge is 0.481 e. The number of nitrogens with zero attached hydrogens (tertiary/aromatic N) is 1. The highest BCUT2D eigenvalue weighted by atomic mass is 79.9. The van der Waals surface area contributed by atoms with E-state index in [-0.39, 0.29) is 17.5 Å². The molecule has 33 heavy (non-hydrogen) atoms. The highest BCUT2D eigenvalue weighted by molar-refractivity contribution is 9.10. The van der Waals surface area contributed by atoms with Crippen LogP contribution in [0.25, 0.3) is 0 Å². The monoisotopic (exact) mass is 552 g/mol. The number of nitrogens with two attached hydrogens (primary N) is 1. The van der Waals surface area contributed by atoms with Crippen LogP contribution in [-0.4, -0.2) is 43.4 Å². The number of carbonyl (C=O) groups is 2. The van der Waals surface area contributed by atoms with E-state index in [0.29, 0.717) is 6.07 Å². The molecule has 1 aromatic rings. The zero-order valence-electron chi connectivity index (χ0n) is 17.2. The Morgan fingerprint density at radius 3 is 2.45 bits per heavy atom. The van der Waals surface area contributed by atoms with Crippen molar-refractivity contribution in [2.45, 2.75) is 48.6 Å². The van der Waals surface area contributed by atoms with Gasteiger partial charge in [-0.3, -0.25) is 9.59 Å². The Bertz CT molecular complexity index is 1150. The molecule has 0 aliphatic heterocycles. The number of sulfone groups is 1. The molecule has 1 aromatic carbocycles. The fraction of sp³-hybridized carbons (Fsp3) is 0.550. The van der Waals surface area contributed by atoms with Gasteiger partial charge in [0.1, 0.15) is 10.8 Å². The van der Waals surface area contributed by atoms with Gasteiger partial charge in [0.05, 0.1) is 27.9 Å². The van der Waals surface area contributed by atoms with E-state index < -0.39 is 79.3 Å². The highest BCUT2D eigenvalue weighted by Gasteiger charge is 2.75. The van der Waals surface area contributed by atoms with Crippen LogP contribution in [0, 0.1) is 28.1 Å². The van der Waals surface area contributed by atoms with E-state index in [9.17, 15) is 41.5 Å². The van der Waals surface area contributed by atoms with Gasteiger partial charge in [0.25, 0.3) is 0 Å². The maximum absolute atomic E-state index is 13.6. The number of hydrogen-bond acceptors (Lipinski definition) is 6. The zero-order valence-corrected chi connectivity index (χ0v) is 19.6. The van der Waals surface area contributed by atoms with Crippen molar-refractivity contribution in [1.29, 1.82) is 5.26 Å². The summed E-state index contributed by atoms with van der Waals surface area (Å²) in [6.45, 7) is 1.53. The summed E-state index contributed by atoms with van der Waals surface area (Å²) >= 11 is 2.90. The number of primary amides is 1. The quantitative estimate of drug-likeness (QED) is 0.528. The zero-order chi connectivity index (χ0) is 25.0. The molecule has 3 N–H and O–H groups in total. The Hall–Kier alpha value is -2.17. The molecule has 2 saturated carbocycles. The van der Waals surface area contributed by atoms with Gasteiger partial charge >= 0.3 is 12.1 Å². The second-order valence-electron chi connectivity index (χ2n) is 8.24. The summed E-state index contributed by atoms with van der Waals surface area (Å²) in [5.41, 5.74) is 0.164. The van der Waals surface area contributed by atoms with Crippen molar-refractivity contribution in [3.8, 4) is 6.07 Å². The molecule has 0 saturated heterocycles. The molecular formula is C20H20BrF3N2O6S. The Balaban J connectivity index is 2.12. The van der Waals surface area contributed by atoms with Crippen LogP contribution in [0.4, 0.5) is 13.2 Å². The number of ether oxygens (including phenoxy) is 1. The third kappa shape index (κ3) is 3.91. The minimum Gasteiger partial charge on any atom is -0.481 e. The van der Waals surface area contributed by atoms with E-state index in [1.165, 1.54) is 0 Å². The van der Waals surface area contributed by atoms with Crippen molar-refractivity contribution in [2.75, 3.05) is 6.61 Å². The molecule has 0 bridgehead atoms. The summed E-state index contributed by atoms with van der Waals surface area (Å²) in [4.78, 5) is 23.4. The Kier molecular flexibility index (Phi) is 6.36. The molecule has 0 spiro atoms. The third-order valence-electron chi connectivity index (χ3n) is 6.60. The number of carbonyl (C=O) groups excluding carboxylic acids is 1. The van der Waals surface area contributed by atoms with Crippen molar-refractivity contribution in [1.82, 2.24) is 0 Å². The average molecular weight is 553 g/mol. The number of rotatable bonds is 7. The standard InChI is InChI=1S/C20H20BrF3N2O6S/c1-2-32-15-6-11(7-19(15,17(28)29)14-8-18(14,9-25)16(26)27)33(30,31)13-4-3-10(21)5-12(13)20(22,23)24/h3-5,11,14-15H,2,6-8H2,1H3,(H2,26,27)(H,28,29)/t11-,14?,15-,18?,19-/m1/s1. The summed E-state index contributed by atoms with van der Waals surface area (Å²) in [5.74, 6) is -3.66. The lowest BCUT2D eigenvalue weighted by molar-refractivity contribution is -0.160. The molecule has 0 heterocycles. The van der Waals surface area contributed by atoms with Gasteiger partial charge in [-0.1, -0.05) is 15.9 Å². The van der Waals surface area contributed by atoms with E-state index in [0.717, 1.165) is 12.1 Å². The molecule has 3 rings (SSSR count). The Morgan fingerprint density at radius 1 is 1.36 bits per heavy atom. The Morgan fingerprint density at radius 2 is 2.00 bits per heavy atom. The van der Waals surface area contributed by atoms with E-state index in [1.807, 2.05) is 0 Å². The fourth-order valence-electron chi connectivity index (χ4n) is 4.92. The van der Waals surface area contributed by atoms with Crippen molar-refractivity contribution in [2.24, 2.45) is 22.5 Å². The molecule has 2 fully saturated rings. The van der Waals surface area contributed by atoms with Crippen molar-refractivity contribution in [3.63, 3.8) is 0 Å². The van der Waals surface area contributed by atoms with Crippen LogP contribution in [-0.2, 0) is 30.3 Å². The molecule has 2 aliphatic carbocycles. The van der Waals surface area contributed by atoms with Crippen molar-refractivity contribution in [3.05, 3.63) is 28.2 Å². The smallest absolute Gasteiger partial charge is 0.417 e. The summed E-state index contributed by atoms with van der Waals surface area (Å²) in [5, 5.41) is 18.1. The lowest BCUT2D eigenvalue weighted by Gasteiger charge is -2.32. The third-order valence-corrected chi connectivity index (χ3v) is 9.30. The van der Waals surface area contributed by atoms with Crippen molar-refractivity contribution >= 4 is 37.6 Å². The second-order valence-corrected chi connectivity index (χ2v) is 11.4. The average Bonchev–Trinajstić information content (AvgIpc) is 3.34. The number of nitriles is 1. The van der Waals surface area contributed by atoms with Gasteiger partial charge in [0.15, 0.2) is 9.84 Å². The second kappa shape index (κ2) is 8.25. The minimum absolute atomic E-state index is 0.0125. The number of carboxylic acids is 1. The van der Waals surface area contributed by atoms with Gasteiger partial charge in [-0.05, 0) is 44.4 Å². The maximum Gasteiger partial charge on any atom is 0.417 e. The van der Waals surface area contributed by atoms with Crippen LogP contribution < -0.4 is 5.73 Å². The molecule has 1 amide bonds. The molecule has 0 aromatic heterocycles. The van der Waals surface area contributed by atoms with Crippen LogP contribution in [0.15, 0.2) is 27.6 Å². The normalized spacial score (nSPS) is 31.7. The summed E-state index contributed by atoms with van der Waals surface area (Å²) in [6.07, 6.45) is -7.46. The van der Waals surface area contributed by atoms with Gasteiger partial charge in [-0.15, -0.1) is 0 Å². The maximum atomic E-state index is 13.6. The molecule has 5 atom stereocenters. The molecule has 2 aliphatic rings. The molecular weight excluding hydrogens is 533 g/mol. The van der Waals surface area contributed by atoms with Gasteiger partial charge in [0.2, 0.25) is 5.91 Å². The van der Waals surface area contributed by atoms with E-state index >= 15 is 0 Å². The first kappa shape index (κ1) is 25.5. The highest BCUT2D eigenvalue weighted by Crippen LogP contribution is 2.66. The summed E-state index contributed by atoms with van der Waals surface area (Å²) < 4.78 is 73.1. The van der Waals surface area contributed by atoms with Crippen LogP contribution in [0.1, 0.15) is 31.7 Å². The molecule has 8 nitrogen and oxygen atoms in total. The number of aliphatic carboxylic acids is 1. The van der Waals surface area contributed by atoms with Crippen LogP contribution in [0.2, 0.25) is 0 Å². The number of amides is 1. The fourth-order valence-corrected chi connectivity index (χ4v) is 7.31. The SMILES string of the molecule is CCO[C@@H]1C[C@@H](S(=O)(=O)c2ccc(Br)cc2C(F)(F)F)C[C@@]1(C(=O)O)C1CC1(C#N)C(N)=O. The minimum atomic E-state index is -4.98.